The number of hydrogen-bond donors (Lipinski definition) is 1. The van der Waals surface area contributed by atoms with Crippen LogP contribution < -0.4 is 5.32 Å². The fourth-order valence-corrected chi connectivity index (χ4v) is 4.41. The molecule has 1 N–H and O–H groups in total. The summed E-state index contributed by atoms with van der Waals surface area (Å²) >= 11 is 20.4. The van der Waals surface area contributed by atoms with Crippen LogP contribution in [0.1, 0.15) is 43.9 Å². The fraction of sp³-hybridized carbons (Fsp3) is 0.364. The molecule has 1 atom stereocenters. The van der Waals surface area contributed by atoms with Crippen LogP contribution in [0.15, 0.2) is 45.9 Å². The lowest BCUT2D eigenvalue weighted by Gasteiger charge is -2.31. The van der Waals surface area contributed by atoms with Crippen LogP contribution in [-0.4, -0.2) is 23.4 Å². The zero-order valence-electron chi connectivity index (χ0n) is 17.2. The molecule has 0 saturated carbocycles. The zero-order chi connectivity index (χ0) is 23.4. The molecular weight excluding hydrogens is 532 g/mol. The van der Waals surface area contributed by atoms with E-state index in [2.05, 4.69) is 26.2 Å². The summed E-state index contributed by atoms with van der Waals surface area (Å²) in [5.41, 5.74) is -0.153. The van der Waals surface area contributed by atoms with Gasteiger partial charge >= 0.3 is 6.18 Å². The van der Waals surface area contributed by atoms with E-state index >= 15 is 0 Å². The Morgan fingerprint density at radius 3 is 2.29 bits per heavy atom. The molecule has 0 spiro atoms. The molecule has 0 aliphatic carbocycles. The minimum Gasteiger partial charge on any atom is -0.376 e. The van der Waals surface area contributed by atoms with Crippen molar-refractivity contribution in [2.24, 2.45) is 4.99 Å². The first-order chi connectivity index (χ1) is 14.5. The van der Waals surface area contributed by atoms with Crippen molar-refractivity contribution in [3.8, 4) is 0 Å². The molecule has 0 bridgehead atoms. The van der Waals surface area contributed by atoms with Gasteiger partial charge in [-0.05, 0) is 47.9 Å². The second kappa shape index (κ2) is 10.6. The van der Waals surface area contributed by atoms with Crippen molar-refractivity contribution in [2.45, 2.75) is 45.3 Å². The van der Waals surface area contributed by atoms with Crippen LogP contribution in [0.4, 0.5) is 13.2 Å². The summed E-state index contributed by atoms with van der Waals surface area (Å²) in [7, 11) is 0. The Kier molecular flexibility index (Phi) is 8.96. The highest BCUT2D eigenvalue weighted by molar-refractivity contribution is 9.10. The first-order valence-corrected chi connectivity index (χ1v) is 11.6. The summed E-state index contributed by atoms with van der Waals surface area (Å²) in [4.78, 5) is 4.92. The molecule has 1 aliphatic heterocycles. The van der Waals surface area contributed by atoms with Gasteiger partial charge in [0.1, 0.15) is 5.41 Å². The van der Waals surface area contributed by atoms with E-state index in [0.29, 0.717) is 22.8 Å². The van der Waals surface area contributed by atoms with Gasteiger partial charge in [-0.15, -0.1) is 0 Å². The lowest BCUT2D eigenvalue weighted by molar-refractivity contribution is -0.183. The molecule has 0 fully saturated rings. The zero-order valence-corrected chi connectivity index (χ0v) is 21.1. The summed E-state index contributed by atoms with van der Waals surface area (Å²) in [6.07, 6.45) is -4.79. The van der Waals surface area contributed by atoms with Gasteiger partial charge in [-0.1, -0.05) is 77.3 Å². The standard InChI is InChI=1S/C20H16BrCl2F3N2S.C2H6/c1-11(29)27-9-13-3-2-12(4-17(13)21)18-8-19(10-28-18,20(24,25)26)14-5-15(22)7-16(23)6-14;1-2/h2-7H,8-10H2,1H3,(H,27,29);1-2H3. The maximum Gasteiger partial charge on any atom is 0.400 e. The number of aliphatic imine (C=N–C) groups is 1. The van der Waals surface area contributed by atoms with Gasteiger partial charge < -0.3 is 5.32 Å². The minimum absolute atomic E-state index is 0.0256. The van der Waals surface area contributed by atoms with E-state index in [1.165, 1.54) is 18.2 Å². The maximum absolute atomic E-state index is 14.2. The molecular formula is C22H22BrCl2F3N2S. The van der Waals surface area contributed by atoms with Gasteiger partial charge in [0.2, 0.25) is 0 Å². The van der Waals surface area contributed by atoms with Crippen molar-refractivity contribution in [3.63, 3.8) is 0 Å². The first-order valence-electron chi connectivity index (χ1n) is 9.62. The number of nitrogens with zero attached hydrogens (tertiary/aromatic N) is 1. The van der Waals surface area contributed by atoms with Crippen LogP contribution >= 0.6 is 51.3 Å². The molecule has 1 unspecified atom stereocenters. The Bertz CT molecular complexity index is 975. The number of hydrogen-bond acceptors (Lipinski definition) is 2. The number of halogens is 6. The molecule has 0 aromatic heterocycles. The van der Waals surface area contributed by atoms with Gasteiger partial charge in [0.25, 0.3) is 0 Å². The first kappa shape index (κ1) is 26.1. The number of nitrogens with one attached hydrogen (secondary N) is 1. The largest absolute Gasteiger partial charge is 0.400 e. The Balaban J connectivity index is 0.00000166. The maximum atomic E-state index is 14.2. The van der Waals surface area contributed by atoms with Crippen molar-refractivity contribution in [1.29, 1.82) is 0 Å². The summed E-state index contributed by atoms with van der Waals surface area (Å²) in [6.45, 7) is 5.90. The molecule has 0 saturated heterocycles. The molecule has 2 aromatic rings. The van der Waals surface area contributed by atoms with Crippen LogP contribution in [-0.2, 0) is 12.0 Å². The lowest BCUT2D eigenvalue weighted by Crippen LogP contribution is -2.43. The van der Waals surface area contributed by atoms with Gasteiger partial charge in [0, 0.05) is 33.2 Å². The highest BCUT2D eigenvalue weighted by Crippen LogP contribution is 2.48. The van der Waals surface area contributed by atoms with Crippen molar-refractivity contribution < 1.29 is 13.2 Å². The average molecular weight is 554 g/mol. The predicted octanol–water partition coefficient (Wildman–Crippen LogP) is 7.91. The molecule has 168 valence electrons. The Labute approximate surface area is 204 Å². The minimum atomic E-state index is -4.51. The van der Waals surface area contributed by atoms with Crippen molar-refractivity contribution in [1.82, 2.24) is 5.32 Å². The van der Waals surface area contributed by atoms with Gasteiger partial charge in [0.15, 0.2) is 0 Å². The van der Waals surface area contributed by atoms with Gasteiger partial charge in [-0.2, -0.15) is 13.2 Å². The molecule has 9 heteroatoms. The topological polar surface area (TPSA) is 24.4 Å². The van der Waals surface area contributed by atoms with E-state index in [4.69, 9.17) is 35.4 Å². The third kappa shape index (κ3) is 6.01. The highest BCUT2D eigenvalue weighted by atomic mass is 79.9. The molecule has 31 heavy (non-hydrogen) atoms. The number of rotatable bonds is 4. The summed E-state index contributed by atoms with van der Waals surface area (Å²) in [5, 5.41) is 3.38. The Morgan fingerprint density at radius 2 is 1.77 bits per heavy atom. The molecule has 1 aliphatic rings. The second-order valence-electron chi connectivity index (χ2n) is 6.89. The van der Waals surface area contributed by atoms with Crippen molar-refractivity contribution in [3.05, 3.63) is 67.6 Å². The SMILES string of the molecule is CC.CC(=S)NCc1ccc(C2=NCC(c3cc(Cl)cc(Cl)c3)(C(F)(F)F)C2)cc1Br. The van der Waals surface area contributed by atoms with Crippen LogP contribution in [0, 0.1) is 0 Å². The van der Waals surface area contributed by atoms with Gasteiger partial charge in [-0.25, -0.2) is 0 Å². The van der Waals surface area contributed by atoms with E-state index in [1.807, 2.05) is 19.9 Å². The fourth-order valence-electron chi connectivity index (χ4n) is 3.29. The average Bonchev–Trinajstić information content (AvgIpc) is 3.14. The Hall–Kier alpha value is -1.15. The normalized spacial score (nSPS) is 18.2. The van der Waals surface area contributed by atoms with Crippen LogP contribution in [0.25, 0.3) is 0 Å². The smallest absolute Gasteiger partial charge is 0.376 e. The molecule has 2 nitrogen and oxygen atoms in total. The molecule has 2 aromatic carbocycles. The molecule has 1 heterocycles. The van der Waals surface area contributed by atoms with E-state index in [1.54, 1.807) is 19.1 Å². The molecule has 0 radical (unpaired) electrons. The molecule has 0 amide bonds. The van der Waals surface area contributed by atoms with Crippen LogP contribution in [0.5, 0.6) is 0 Å². The molecule has 3 rings (SSSR count). The van der Waals surface area contributed by atoms with Crippen molar-refractivity contribution >= 4 is 62.0 Å². The van der Waals surface area contributed by atoms with Gasteiger partial charge in [0.05, 0.1) is 11.5 Å². The number of alkyl halides is 3. The van der Waals surface area contributed by atoms with E-state index in [-0.39, 0.29) is 22.0 Å². The predicted molar refractivity (Wildman–Crippen MR) is 131 cm³/mol. The second-order valence-corrected chi connectivity index (χ2v) is 9.23. The third-order valence-electron chi connectivity index (χ3n) is 4.88. The van der Waals surface area contributed by atoms with Crippen LogP contribution in [0.2, 0.25) is 10.0 Å². The summed E-state index contributed by atoms with van der Waals surface area (Å²) < 4.78 is 43.3. The van der Waals surface area contributed by atoms with Crippen LogP contribution in [0.3, 0.4) is 0 Å². The van der Waals surface area contributed by atoms with Crippen molar-refractivity contribution in [2.75, 3.05) is 6.54 Å². The monoisotopic (exact) mass is 552 g/mol. The highest BCUT2D eigenvalue weighted by Gasteiger charge is 2.58. The number of thiocarbonyl (C=S) groups is 1. The van der Waals surface area contributed by atoms with Gasteiger partial charge in [-0.3, -0.25) is 4.99 Å². The van der Waals surface area contributed by atoms with E-state index in [9.17, 15) is 13.2 Å². The van der Waals surface area contributed by atoms with E-state index in [0.717, 1.165) is 10.0 Å². The number of benzene rings is 2. The Morgan fingerprint density at radius 1 is 1.16 bits per heavy atom. The lowest BCUT2D eigenvalue weighted by atomic mass is 9.76. The quantitative estimate of drug-likeness (QED) is 0.389. The van der Waals surface area contributed by atoms with E-state index < -0.39 is 18.1 Å². The summed E-state index contributed by atoms with van der Waals surface area (Å²) in [6, 6.07) is 9.45. The third-order valence-corrected chi connectivity index (χ3v) is 6.20. The summed E-state index contributed by atoms with van der Waals surface area (Å²) in [5.74, 6) is 0.